The Morgan fingerprint density at radius 2 is 2.00 bits per heavy atom. The van der Waals surface area contributed by atoms with Crippen molar-refractivity contribution in [1.82, 2.24) is 15.2 Å². The highest BCUT2D eigenvalue weighted by atomic mass is 35.5. The fourth-order valence-corrected chi connectivity index (χ4v) is 5.05. The van der Waals surface area contributed by atoms with Crippen LogP contribution in [0.15, 0.2) is 60.6 Å². The number of pyridine rings is 1. The smallest absolute Gasteiger partial charge is 0.294 e. The Hall–Kier alpha value is -3.07. The Bertz CT molecular complexity index is 1240. The van der Waals surface area contributed by atoms with E-state index in [1.807, 2.05) is 0 Å². The number of carbonyl (C=O) groups excluding carboxylic acids is 2. The van der Waals surface area contributed by atoms with Gasteiger partial charge < -0.3 is 20.1 Å². The van der Waals surface area contributed by atoms with Gasteiger partial charge in [0.1, 0.15) is 23.4 Å². The molecule has 0 radical (unpaired) electrons. The molecule has 1 saturated carbocycles. The molecule has 38 heavy (non-hydrogen) atoms. The topological polar surface area (TPSA) is 91.8 Å². The second-order valence-corrected chi connectivity index (χ2v) is 10.5. The molecule has 1 unspecified atom stereocenters. The molecular formula is C29H31ClFN3O4. The molecule has 1 aliphatic heterocycles. The molecule has 0 spiro atoms. The van der Waals surface area contributed by atoms with Gasteiger partial charge in [-0.1, -0.05) is 29.8 Å². The number of amides is 1. The normalized spacial score (nSPS) is 21.0. The van der Waals surface area contributed by atoms with Crippen molar-refractivity contribution in [3.8, 4) is 5.75 Å². The number of carbonyl (C=O) groups is 2. The van der Waals surface area contributed by atoms with E-state index in [1.165, 1.54) is 24.4 Å². The van der Waals surface area contributed by atoms with Gasteiger partial charge in [0.2, 0.25) is 0 Å². The number of aliphatic hydroxyl groups excluding tert-OH is 1. The van der Waals surface area contributed by atoms with Crippen LogP contribution in [0.2, 0.25) is 5.02 Å². The number of nitrogens with one attached hydrogen (secondary N) is 1. The molecule has 2 heterocycles. The third-order valence-electron chi connectivity index (χ3n) is 7.17. The highest BCUT2D eigenvalue weighted by Gasteiger charge is 2.30. The average Bonchev–Trinajstić information content (AvgIpc) is 3.60. The summed E-state index contributed by atoms with van der Waals surface area (Å²) in [6.07, 6.45) is 9.92. The van der Waals surface area contributed by atoms with Gasteiger partial charge in [0.15, 0.2) is 0 Å². The predicted octanol–water partition coefficient (Wildman–Crippen LogP) is 4.67. The number of ether oxygens (including phenoxy) is 1. The van der Waals surface area contributed by atoms with Gasteiger partial charge in [-0.15, -0.1) is 0 Å². The first-order chi connectivity index (χ1) is 18.4. The van der Waals surface area contributed by atoms with E-state index in [2.05, 4.69) is 15.2 Å². The lowest BCUT2D eigenvalue weighted by Crippen LogP contribution is -2.48. The number of Topliss-reactive ketones (excluding diaryl/α,β-unsaturated/α-hetero) is 1. The van der Waals surface area contributed by atoms with Crippen LogP contribution in [0.5, 0.6) is 5.75 Å². The first-order valence-electron chi connectivity index (χ1n) is 13.1. The van der Waals surface area contributed by atoms with Gasteiger partial charge in [-0.05, 0) is 86.7 Å². The van der Waals surface area contributed by atoms with Crippen LogP contribution < -0.4 is 10.1 Å². The van der Waals surface area contributed by atoms with Crippen molar-refractivity contribution in [1.29, 1.82) is 0 Å². The minimum absolute atomic E-state index is 0.00629. The number of allylic oxidation sites excluding steroid dienone is 4. The maximum atomic E-state index is 13.3. The largest absolute Gasteiger partial charge is 0.489 e. The number of aromatic nitrogens is 1. The van der Waals surface area contributed by atoms with Crippen molar-refractivity contribution in [2.75, 3.05) is 19.6 Å². The Kier molecular flexibility index (Phi) is 8.21. The molecule has 200 valence electrons. The van der Waals surface area contributed by atoms with E-state index in [0.717, 1.165) is 44.3 Å². The minimum atomic E-state index is -1.08. The summed E-state index contributed by atoms with van der Waals surface area (Å²) in [6, 6.07) is 7.61. The van der Waals surface area contributed by atoms with E-state index in [0.29, 0.717) is 29.3 Å². The van der Waals surface area contributed by atoms with Crippen molar-refractivity contribution in [3.63, 3.8) is 0 Å². The maximum absolute atomic E-state index is 13.3. The van der Waals surface area contributed by atoms with Crippen molar-refractivity contribution in [3.05, 3.63) is 82.4 Å². The van der Waals surface area contributed by atoms with Crippen LogP contribution in [0, 0.1) is 0 Å². The number of halogens is 2. The SMILES string of the molecule is O=C(N[C@H](CN1CCCC1)[C@H](O)c1ccc(OC2CC2)c(Cl)c1)C(=O)c1ccc(C2C=CC(F)=CC2)cn1. The van der Waals surface area contributed by atoms with Crippen LogP contribution in [0.4, 0.5) is 4.39 Å². The van der Waals surface area contributed by atoms with Crippen molar-refractivity contribution < 1.29 is 23.8 Å². The van der Waals surface area contributed by atoms with Gasteiger partial charge in [0.05, 0.1) is 17.2 Å². The molecule has 2 N–H and O–H groups in total. The average molecular weight is 540 g/mol. The van der Waals surface area contributed by atoms with E-state index in [9.17, 15) is 19.1 Å². The molecule has 2 fully saturated rings. The molecule has 1 aromatic heterocycles. The lowest BCUT2D eigenvalue weighted by molar-refractivity contribution is -0.118. The number of rotatable bonds is 10. The summed E-state index contributed by atoms with van der Waals surface area (Å²) < 4.78 is 19.0. The predicted molar refractivity (Wildman–Crippen MR) is 142 cm³/mol. The zero-order valence-electron chi connectivity index (χ0n) is 21.0. The summed E-state index contributed by atoms with van der Waals surface area (Å²) in [4.78, 5) is 32.3. The van der Waals surface area contributed by atoms with E-state index in [4.69, 9.17) is 16.3 Å². The number of hydrogen-bond donors (Lipinski definition) is 2. The number of ketones is 1. The zero-order chi connectivity index (χ0) is 26.6. The standard InChI is InChI=1S/C29H31ClFN3O4/c30-23-15-19(6-12-26(23)38-22-9-10-22)27(35)25(17-34-13-1-2-14-34)33-29(37)28(36)24-11-5-20(16-32-24)18-3-7-21(31)8-4-18/h3,5-8,11-12,15-16,18,22,25,27,35H,1-2,4,9-10,13-14,17H2,(H,33,37)/t18?,25-,27-/m1/s1. The van der Waals surface area contributed by atoms with Crippen molar-refractivity contribution in [2.24, 2.45) is 0 Å². The van der Waals surface area contributed by atoms with Crippen LogP contribution in [0.3, 0.4) is 0 Å². The molecule has 9 heteroatoms. The Labute approximate surface area is 226 Å². The van der Waals surface area contributed by atoms with Gasteiger partial charge in [-0.3, -0.25) is 14.6 Å². The third kappa shape index (κ3) is 6.49. The van der Waals surface area contributed by atoms with Gasteiger partial charge in [-0.25, -0.2) is 4.39 Å². The highest BCUT2D eigenvalue weighted by Crippen LogP contribution is 2.34. The zero-order valence-corrected chi connectivity index (χ0v) is 21.7. The van der Waals surface area contributed by atoms with Gasteiger partial charge >= 0.3 is 0 Å². The molecule has 1 amide bonds. The van der Waals surface area contributed by atoms with Crippen LogP contribution in [0.1, 0.15) is 65.7 Å². The number of benzene rings is 1. The van der Waals surface area contributed by atoms with E-state index in [-0.39, 0.29) is 23.5 Å². The summed E-state index contributed by atoms with van der Waals surface area (Å²) >= 11 is 6.41. The van der Waals surface area contributed by atoms with Gasteiger partial charge in [0, 0.05) is 18.7 Å². The Balaban J connectivity index is 1.27. The number of aliphatic hydroxyl groups is 1. The lowest BCUT2D eigenvalue weighted by Gasteiger charge is -2.28. The molecule has 7 nitrogen and oxygen atoms in total. The fraction of sp³-hybridized carbons (Fsp3) is 0.414. The molecule has 2 aliphatic carbocycles. The van der Waals surface area contributed by atoms with E-state index < -0.39 is 23.8 Å². The summed E-state index contributed by atoms with van der Waals surface area (Å²) in [7, 11) is 0. The number of hydrogen-bond acceptors (Lipinski definition) is 6. The molecule has 0 bridgehead atoms. The Morgan fingerprint density at radius 1 is 1.21 bits per heavy atom. The van der Waals surface area contributed by atoms with Crippen molar-refractivity contribution >= 4 is 23.3 Å². The minimum Gasteiger partial charge on any atom is -0.489 e. The van der Waals surface area contributed by atoms with Crippen LogP contribution in [0.25, 0.3) is 0 Å². The molecule has 1 aromatic carbocycles. The molecular weight excluding hydrogens is 509 g/mol. The second-order valence-electron chi connectivity index (χ2n) is 10.1. The first kappa shape index (κ1) is 26.5. The van der Waals surface area contributed by atoms with Gasteiger partial charge in [0.25, 0.3) is 11.7 Å². The fourth-order valence-electron chi connectivity index (χ4n) is 4.81. The second kappa shape index (κ2) is 11.8. The molecule has 1 saturated heterocycles. The number of nitrogens with zero attached hydrogens (tertiary/aromatic N) is 2. The summed E-state index contributed by atoms with van der Waals surface area (Å²) in [5.41, 5.74) is 1.37. The Morgan fingerprint density at radius 3 is 2.63 bits per heavy atom. The maximum Gasteiger partial charge on any atom is 0.294 e. The first-order valence-corrected chi connectivity index (χ1v) is 13.5. The summed E-state index contributed by atoms with van der Waals surface area (Å²) in [6.45, 7) is 2.11. The third-order valence-corrected chi connectivity index (χ3v) is 7.47. The lowest BCUT2D eigenvalue weighted by atomic mass is 9.93. The van der Waals surface area contributed by atoms with Crippen molar-refractivity contribution in [2.45, 2.75) is 56.3 Å². The summed E-state index contributed by atoms with van der Waals surface area (Å²) in [5.74, 6) is -1.36. The van der Waals surface area contributed by atoms with Crippen LogP contribution in [-0.4, -0.2) is 58.5 Å². The molecule has 3 aliphatic rings. The van der Waals surface area contributed by atoms with Gasteiger partial charge in [-0.2, -0.15) is 0 Å². The van der Waals surface area contributed by atoms with E-state index >= 15 is 0 Å². The molecule has 5 rings (SSSR count). The monoisotopic (exact) mass is 539 g/mol. The summed E-state index contributed by atoms with van der Waals surface area (Å²) in [5, 5.41) is 14.4. The highest BCUT2D eigenvalue weighted by molar-refractivity contribution is 6.42. The number of likely N-dealkylation sites (tertiary alicyclic amines) is 1. The van der Waals surface area contributed by atoms with E-state index in [1.54, 1.807) is 30.3 Å². The molecule has 3 atom stereocenters. The van der Waals surface area contributed by atoms with Crippen LogP contribution >= 0.6 is 11.6 Å². The quantitative estimate of drug-likeness (QED) is 0.337. The van der Waals surface area contributed by atoms with Crippen LogP contribution in [-0.2, 0) is 4.79 Å². The molecule has 2 aromatic rings.